The lowest BCUT2D eigenvalue weighted by Gasteiger charge is -2.25. The normalized spacial score (nSPS) is 16.4. The van der Waals surface area contributed by atoms with E-state index in [1.165, 1.54) is 5.57 Å². The van der Waals surface area contributed by atoms with Gasteiger partial charge in [-0.25, -0.2) is 0 Å². The minimum absolute atomic E-state index is 0.563. The molecule has 2 N–H and O–H groups in total. The van der Waals surface area contributed by atoms with Crippen LogP contribution in [0.4, 0.5) is 0 Å². The molecule has 3 heteroatoms. The van der Waals surface area contributed by atoms with E-state index in [0.29, 0.717) is 6.54 Å². The van der Waals surface area contributed by atoms with Crippen molar-refractivity contribution < 1.29 is 4.74 Å². The molecule has 98 valence electrons. The second-order valence-electron chi connectivity index (χ2n) is 4.82. The Kier molecular flexibility index (Phi) is 4.79. The van der Waals surface area contributed by atoms with E-state index in [1.807, 2.05) is 24.3 Å². The lowest BCUT2D eigenvalue weighted by Crippen LogP contribution is -2.33. The number of benzene rings is 1. The van der Waals surface area contributed by atoms with E-state index >= 15 is 0 Å². The van der Waals surface area contributed by atoms with Gasteiger partial charge >= 0.3 is 0 Å². The van der Waals surface area contributed by atoms with E-state index in [4.69, 9.17) is 10.5 Å². The minimum atomic E-state index is 0.563. The van der Waals surface area contributed by atoms with Crippen LogP contribution in [0.15, 0.2) is 35.9 Å². The number of nitrogens with two attached hydrogens (primary N) is 1. The Morgan fingerprint density at radius 2 is 2.28 bits per heavy atom. The van der Waals surface area contributed by atoms with Gasteiger partial charge < -0.3 is 10.5 Å². The Morgan fingerprint density at radius 3 is 3.06 bits per heavy atom. The van der Waals surface area contributed by atoms with Crippen LogP contribution in [0.25, 0.3) is 0 Å². The zero-order chi connectivity index (χ0) is 12.8. The molecule has 1 aliphatic rings. The van der Waals surface area contributed by atoms with E-state index in [9.17, 15) is 0 Å². The van der Waals surface area contributed by atoms with Crippen molar-refractivity contribution in [1.82, 2.24) is 4.90 Å². The summed E-state index contributed by atoms with van der Waals surface area (Å²) in [5, 5.41) is 0. The Labute approximate surface area is 109 Å². The molecule has 0 saturated carbocycles. The van der Waals surface area contributed by atoms with E-state index in [1.54, 1.807) is 0 Å². The Morgan fingerprint density at radius 1 is 1.39 bits per heavy atom. The van der Waals surface area contributed by atoms with E-state index < -0.39 is 0 Å². The second kappa shape index (κ2) is 6.57. The summed E-state index contributed by atoms with van der Waals surface area (Å²) in [6, 6.07) is 8.01. The monoisotopic (exact) mass is 246 g/mol. The highest BCUT2D eigenvalue weighted by atomic mass is 16.5. The highest BCUT2D eigenvalue weighted by Gasteiger charge is 2.09. The molecule has 0 fully saturated rings. The predicted octanol–water partition coefficient (Wildman–Crippen LogP) is 2.18. The maximum atomic E-state index is 5.77. The molecule has 3 nitrogen and oxygen atoms in total. The maximum absolute atomic E-state index is 5.77. The minimum Gasteiger partial charge on any atom is -0.492 e. The van der Waals surface area contributed by atoms with Crippen LogP contribution in [0.3, 0.4) is 0 Å². The molecule has 0 aliphatic carbocycles. The van der Waals surface area contributed by atoms with Crippen LogP contribution in [0, 0.1) is 0 Å². The molecule has 1 aromatic rings. The molecule has 0 atom stereocenters. The highest BCUT2D eigenvalue weighted by Crippen LogP contribution is 2.13. The van der Waals surface area contributed by atoms with Crippen molar-refractivity contribution in [3.63, 3.8) is 0 Å². The number of hydrogen-bond acceptors (Lipinski definition) is 3. The summed E-state index contributed by atoms with van der Waals surface area (Å²) in [4.78, 5) is 2.43. The Hall–Kier alpha value is -1.32. The summed E-state index contributed by atoms with van der Waals surface area (Å²) in [5.74, 6) is 0.919. The Balaban J connectivity index is 1.76. The lowest BCUT2D eigenvalue weighted by atomic mass is 10.1. The smallest absolute Gasteiger partial charge is 0.119 e. The zero-order valence-corrected chi connectivity index (χ0v) is 11.1. The fourth-order valence-corrected chi connectivity index (χ4v) is 2.24. The molecule has 0 saturated heterocycles. The quantitative estimate of drug-likeness (QED) is 0.809. The van der Waals surface area contributed by atoms with Gasteiger partial charge in [-0.15, -0.1) is 0 Å². The van der Waals surface area contributed by atoms with Gasteiger partial charge in [-0.2, -0.15) is 0 Å². The second-order valence-corrected chi connectivity index (χ2v) is 4.82. The average Bonchev–Trinajstić information content (AvgIpc) is 2.39. The standard InChI is InChI=1S/C15H22N2O/c1-13-4-3-7-17(12-13)8-9-18-15-6-2-5-14(10-15)11-16/h2,4-6,10H,3,7-9,11-12,16H2,1H3. The van der Waals surface area contributed by atoms with E-state index in [0.717, 1.165) is 44.0 Å². The first kappa shape index (κ1) is 13.1. The van der Waals surface area contributed by atoms with Crippen molar-refractivity contribution in [3.05, 3.63) is 41.5 Å². The van der Waals surface area contributed by atoms with Crippen LogP contribution in [0.2, 0.25) is 0 Å². The molecular weight excluding hydrogens is 224 g/mol. The molecule has 1 aliphatic heterocycles. The topological polar surface area (TPSA) is 38.5 Å². The molecule has 0 aromatic heterocycles. The number of nitrogens with zero attached hydrogens (tertiary/aromatic N) is 1. The van der Waals surface area contributed by atoms with Gasteiger partial charge in [0.25, 0.3) is 0 Å². The fourth-order valence-electron chi connectivity index (χ4n) is 2.24. The zero-order valence-electron chi connectivity index (χ0n) is 11.1. The molecule has 0 bridgehead atoms. The molecule has 1 heterocycles. The van der Waals surface area contributed by atoms with Crippen LogP contribution < -0.4 is 10.5 Å². The molecule has 2 rings (SSSR count). The van der Waals surface area contributed by atoms with Gasteiger partial charge in [-0.1, -0.05) is 23.8 Å². The van der Waals surface area contributed by atoms with Crippen LogP contribution in [-0.2, 0) is 6.54 Å². The van der Waals surface area contributed by atoms with Gasteiger partial charge in [0, 0.05) is 26.2 Å². The van der Waals surface area contributed by atoms with Gasteiger partial charge in [-0.3, -0.25) is 4.90 Å². The predicted molar refractivity (Wildman–Crippen MR) is 74.6 cm³/mol. The summed E-state index contributed by atoms with van der Waals surface area (Å²) >= 11 is 0. The average molecular weight is 246 g/mol. The third-order valence-corrected chi connectivity index (χ3v) is 3.22. The molecule has 18 heavy (non-hydrogen) atoms. The third-order valence-electron chi connectivity index (χ3n) is 3.22. The molecule has 1 aromatic carbocycles. The van der Waals surface area contributed by atoms with Crippen LogP contribution >= 0.6 is 0 Å². The molecule has 0 amide bonds. The molecule has 0 unspecified atom stereocenters. The van der Waals surface area contributed by atoms with Gasteiger partial charge in [-0.05, 0) is 31.0 Å². The SMILES string of the molecule is CC1=CCCN(CCOc2cccc(CN)c2)C1. The van der Waals surface area contributed by atoms with E-state index in [2.05, 4.69) is 17.9 Å². The summed E-state index contributed by atoms with van der Waals surface area (Å²) in [6.07, 6.45) is 3.48. The third kappa shape index (κ3) is 3.86. The van der Waals surface area contributed by atoms with Crippen molar-refractivity contribution in [3.8, 4) is 5.75 Å². The van der Waals surface area contributed by atoms with E-state index in [-0.39, 0.29) is 0 Å². The highest BCUT2D eigenvalue weighted by molar-refractivity contribution is 5.28. The molecule has 0 spiro atoms. The first-order valence-electron chi connectivity index (χ1n) is 6.58. The first-order valence-corrected chi connectivity index (χ1v) is 6.58. The summed E-state index contributed by atoms with van der Waals surface area (Å²) in [7, 11) is 0. The van der Waals surface area contributed by atoms with Crippen LogP contribution in [0.5, 0.6) is 5.75 Å². The van der Waals surface area contributed by atoms with Crippen molar-refractivity contribution in [2.45, 2.75) is 19.9 Å². The van der Waals surface area contributed by atoms with Gasteiger partial charge in [0.15, 0.2) is 0 Å². The fraction of sp³-hybridized carbons (Fsp3) is 0.467. The first-order chi connectivity index (χ1) is 8.78. The maximum Gasteiger partial charge on any atom is 0.119 e. The summed E-state index contributed by atoms with van der Waals surface area (Å²) < 4.78 is 5.77. The Bertz CT molecular complexity index is 415. The van der Waals surface area contributed by atoms with Crippen molar-refractivity contribution in [1.29, 1.82) is 0 Å². The van der Waals surface area contributed by atoms with Gasteiger partial charge in [0.2, 0.25) is 0 Å². The molecular formula is C15H22N2O. The molecule has 0 radical (unpaired) electrons. The largest absolute Gasteiger partial charge is 0.492 e. The van der Waals surface area contributed by atoms with Crippen molar-refractivity contribution >= 4 is 0 Å². The number of rotatable bonds is 5. The van der Waals surface area contributed by atoms with Gasteiger partial charge in [0.1, 0.15) is 12.4 Å². The van der Waals surface area contributed by atoms with Crippen LogP contribution in [-0.4, -0.2) is 31.1 Å². The number of ether oxygens (including phenoxy) is 1. The summed E-state index contributed by atoms with van der Waals surface area (Å²) in [6.45, 7) is 6.69. The van der Waals surface area contributed by atoms with Crippen LogP contribution in [0.1, 0.15) is 18.9 Å². The number of hydrogen-bond donors (Lipinski definition) is 1. The van der Waals surface area contributed by atoms with Crippen molar-refractivity contribution in [2.24, 2.45) is 5.73 Å². The lowest BCUT2D eigenvalue weighted by molar-refractivity contribution is 0.217. The van der Waals surface area contributed by atoms with Crippen molar-refractivity contribution in [2.75, 3.05) is 26.2 Å². The van der Waals surface area contributed by atoms with Gasteiger partial charge in [0.05, 0.1) is 0 Å². The summed E-state index contributed by atoms with van der Waals surface area (Å²) in [5.41, 5.74) is 8.19.